The Labute approximate surface area is 201 Å². The summed E-state index contributed by atoms with van der Waals surface area (Å²) in [4.78, 5) is 13.0. The van der Waals surface area contributed by atoms with Gasteiger partial charge in [0.05, 0.1) is 11.9 Å². The maximum atomic E-state index is 13.3. The summed E-state index contributed by atoms with van der Waals surface area (Å²) in [5, 5.41) is 18.2. The molecule has 0 atom stereocenters. The zero-order valence-corrected chi connectivity index (χ0v) is 20.1. The lowest BCUT2D eigenvalue weighted by atomic mass is 10.1. The summed E-state index contributed by atoms with van der Waals surface area (Å²) in [6, 6.07) is 12.6. The molecule has 2 aromatic carbocycles. The van der Waals surface area contributed by atoms with Crippen LogP contribution in [-0.4, -0.2) is 43.8 Å². The van der Waals surface area contributed by atoms with Crippen LogP contribution < -0.4 is 15.6 Å². The molecule has 1 fully saturated rings. The lowest BCUT2D eigenvalue weighted by molar-refractivity contribution is 0.456. The van der Waals surface area contributed by atoms with Crippen LogP contribution in [-0.2, 0) is 26.6 Å². The summed E-state index contributed by atoms with van der Waals surface area (Å²) in [7, 11) is -7.97. The third-order valence-corrected chi connectivity index (χ3v) is 7.49. The first kappa shape index (κ1) is 23.1. The number of aromatic nitrogens is 2. The molecule has 0 radical (unpaired) electrons. The van der Waals surface area contributed by atoms with Crippen molar-refractivity contribution in [2.45, 2.75) is 24.3 Å². The van der Waals surface area contributed by atoms with Crippen LogP contribution in [0.5, 0.6) is 5.75 Å². The fraction of sp³-hybridized carbons (Fsp3) is 0.227. The van der Waals surface area contributed by atoms with Gasteiger partial charge in [-0.1, -0.05) is 30.3 Å². The monoisotopic (exact) mass is 515 g/mol. The number of fused-ring (bicyclic) bond motifs is 1. The van der Waals surface area contributed by atoms with E-state index in [-0.39, 0.29) is 39.3 Å². The molecule has 0 bridgehead atoms. The van der Waals surface area contributed by atoms with Gasteiger partial charge in [0.1, 0.15) is 16.2 Å². The predicted molar refractivity (Wildman–Crippen MR) is 131 cm³/mol. The van der Waals surface area contributed by atoms with Gasteiger partial charge >= 0.3 is 0 Å². The Bertz CT molecular complexity index is 1640. The van der Waals surface area contributed by atoms with E-state index < -0.39 is 31.4 Å². The Morgan fingerprint density at radius 3 is 2.54 bits per heavy atom. The Balaban J connectivity index is 1.66. The molecule has 0 spiro atoms. The molecule has 5 rings (SSSR count). The predicted octanol–water partition coefficient (Wildman–Crippen LogP) is 1.96. The standard InChI is InChI=1S/C22H21N5O6S2/c1-34(30,31)25-15-9-10-16-17(11-15)35(32,33)26-21(23-16)18-20(28)19(14-5-3-2-4-6-14)24-27(22(18)29)12-13-7-8-13/h2-6,9-11,13,25,28H,7-8,12H2,1H3,(H,23,26). The van der Waals surface area contributed by atoms with Crippen LogP contribution in [0.15, 0.2) is 62.6 Å². The van der Waals surface area contributed by atoms with Crippen LogP contribution in [0.3, 0.4) is 0 Å². The number of hydrogen-bond acceptors (Lipinski definition) is 8. The Morgan fingerprint density at radius 1 is 1.17 bits per heavy atom. The van der Waals surface area contributed by atoms with E-state index in [0.29, 0.717) is 12.1 Å². The largest absolute Gasteiger partial charge is 0.505 e. The van der Waals surface area contributed by atoms with Crippen LogP contribution in [0, 0.1) is 5.92 Å². The summed E-state index contributed by atoms with van der Waals surface area (Å²) in [6.07, 6.45) is 2.85. The molecular weight excluding hydrogens is 494 g/mol. The van der Waals surface area contributed by atoms with Crippen LogP contribution in [0.4, 0.5) is 11.4 Å². The quantitative estimate of drug-likeness (QED) is 0.449. The summed E-state index contributed by atoms with van der Waals surface area (Å²) >= 11 is 0. The lowest BCUT2D eigenvalue weighted by Gasteiger charge is -2.20. The zero-order valence-electron chi connectivity index (χ0n) is 18.5. The number of hydrogen-bond donors (Lipinski definition) is 3. The molecule has 0 unspecified atom stereocenters. The molecule has 0 amide bonds. The van der Waals surface area contributed by atoms with Crippen molar-refractivity contribution in [3.63, 3.8) is 0 Å². The molecule has 2 heterocycles. The van der Waals surface area contributed by atoms with E-state index >= 15 is 0 Å². The second-order valence-corrected chi connectivity index (χ2v) is 11.8. The van der Waals surface area contributed by atoms with Crippen LogP contribution >= 0.6 is 0 Å². The molecule has 1 aliphatic carbocycles. The van der Waals surface area contributed by atoms with E-state index in [4.69, 9.17) is 0 Å². The second-order valence-electron chi connectivity index (χ2n) is 8.49. The molecule has 3 N–H and O–H groups in total. The number of benzene rings is 2. The van der Waals surface area contributed by atoms with E-state index in [1.165, 1.54) is 16.8 Å². The smallest absolute Gasteiger partial charge is 0.286 e. The molecule has 2 aliphatic rings. The molecule has 1 aromatic heterocycles. The van der Waals surface area contributed by atoms with Gasteiger partial charge in [-0.25, -0.2) is 13.1 Å². The highest BCUT2D eigenvalue weighted by Crippen LogP contribution is 2.35. The summed E-state index contributed by atoms with van der Waals surface area (Å²) in [6.45, 7) is 0.336. The fourth-order valence-corrected chi connectivity index (χ4v) is 5.48. The minimum Gasteiger partial charge on any atom is -0.505 e. The zero-order chi connectivity index (χ0) is 25.0. The molecule has 0 saturated heterocycles. The van der Waals surface area contributed by atoms with Crippen LogP contribution in [0.25, 0.3) is 11.3 Å². The number of anilines is 2. The van der Waals surface area contributed by atoms with Crippen molar-refractivity contribution in [1.82, 2.24) is 9.78 Å². The van der Waals surface area contributed by atoms with E-state index in [9.17, 15) is 26.7 Å². The van der Waals surface area contributed by atoms with Crippen molar-refractivity contribution in [3.05, 3.63) is 64.4 Å². The topological polar surface area (TPSA) is 160 Å². The highest BCUT2D eigenvalue weighted by atomic mass is 32.2. The van der Waals surface area contributed by atoms with Gasteiger partial charge in [0.25, 0.3) is 15.6 Å². The minimum absolute atomic E-state index is 0.0418. The summed E-state index contributed by atoms with van der Waals surface area (Å²) < 4.78 is 56.3. The van der Waals surface area contributed by atoms with Gasteiger partial charge in [-0.2, -0.15) is 13.5 Å². The Morgan fingerprint density at radius 2 is 1.89 bits per heavy atom. The van der Waals surface area contributed by atoms with Crippen LogP contribution in [0.1, 0.15) is 18.4 Å². The Hall–Kier alpha value is -3.71. The first-order valence-electron chi connectivity index (χ1n) is 10.7. The van der Waals surface area contributed by atoms with Crippen molar-refractivity contribution in [2.75, 3.05) is 16.3 Å². The third-order valence-electron chi connectivity index (χ3n) is 5.57. The van der Waals surface area contributed by atoms with E-state index in [0.717, 1.165) is 25.2 Å². The first-order valence-corrected chi connectivity index (χ1v) is 14.0. The van der Waals surface area contributed by atoms with E-state index in [2.05, 4.69) is 19.5 Å². The highest BCUT2D eigenvalue weighted by Gasteiger charge is 2.32. The van der Waals surface area contributed by atoms with Crippen LogP contribution in [0.2, 0.25) is 0 Å². The average Bonchev–Trinajstić information content (AvgIpc) is 3.60. The molecule has 1 aliphatic heterocycles. The molecule has 182 valence electrons. The van der Waals surface area contributed by atoms with E-state index in [1.54, 1.807) is 30.3 Å². The van der Waals surface area contributed by atoms with Gasteiger partial charge in [-0.05, 0) is 37.0 Å². The molecule has 13 heteroatoms. The number of nitrogens with one attached hydrogen (secondary N) is 2. The summed E-state index contributed by atoms with van der Waals surface area (Å²) in [5.41, 5.74) is -0.186. The number of nitrogens with zero attached hydrogens (tertiary/aromatic N) is 3. The van der Waals surface area contributed by atoms with Crippen molar-refractivity contribution < 1.29 is 21.9 Å². The maximum absolute atomic E-state index is 13.3. The van der Waals surface area contributed by atoms with Gasteiger partial charge in [0.15, 0.2) is 11.6 Å². The normalized spacial score (nSPS) is 16.7. The minimum atomic E-state index is -4.34. The molecule has 3 aromatic rings. The second kappa shape index (κ2) is 8.20. The van der Waals surface area contributed by atoms with Gasteiger partial charge in [-0.15, -0.1) is 4.40 Å². The molecule has 35 heavy (non-hydrogen) atoms. The highest BCUT2D eigenvalue weighted by molar-refractivity contribution is 7.92. The number of sulfonamides is 2. The average molecular weight is 516 g/mol. The third kappa shape index (κ3) is 4.64. The van der Waals surface area contributed by atoms with Gasteiger partial charge in [0, 0.05) is 17.8 Å². The number of aromatic hydroxyl groups is 1. The number of rotatable bonds is 6. The van der Waals surface area contributed by atoms with Crippen molar-refractivity contribution in [3.8, 4) is 17.0 Å². The molecular formula is C22H21N5O6S2. The SMILES string of the molecule is CS(=O)(=O)Nc1ccc2c(c1)S(=O)(=O)N=C(c1c(O)c(-c3ccccc3)nn(CC3CC3)c1=O)N2. The van der Waals surface area contributed by atoms with E-state index in [1.807, 2.05) is 0 Å². The van der Waals surface area contributed by atoms with Crippen molar-refractivity contribution >= 4 is 37.3 Å². The first-order chi connectivity index (χ1) is 16.5. The lowest BCUT2D eigenvalue weighted by Crippen LogP contribution is -2.34. The van der Waals surface area contributed by atoms with Gasteiger partial charge in [0.2, 0.25) is 10.0 Å². The van der Waals surface area contributed by atoms with Crippen molar-refractivity contribution in [1.29, 1.82) is 0 Å². The number of amidine groups is 1. The fourth-order valence-electron chi connectivity index (χ4n) is 3.78. The molecule has 1 saturated carbocycles. The van der Waals surface area contributed by atoms with Gasteiger partial charge in [-0.3, -0.25) is 9.52 Å². The Kier molecular flexibility index (Phi) is 5.40. The molecule has 11 nitrogen and oxygen atoms in total. The maximum Gasteiger partial charge on any atom is 0.286 e. The van der Waals surface area contributed by atoms with Gasteiger partial charge < -0.3 is 10.4 Å². The summed E-state index contributed by atoms with van der Waals surface area (Å²) in [5.74, 6) is -0.547. The van der Waals surface area contributed by atoms with Crippen molar-refractivity contribution in [2.24, 2.45) is 10.3 Å².